The minimum Gasteiger partial charge on any atom is -0.508 e. The van der Waals surface area contributed by atoms with Crippen LogP contribution in [0.4, 0.5) is 11.4 Å². The molecule has 2 aromatic carbocycles. The lowest BCUT2D eigenvalue weighted by Crippen LogP contribution is -2.58. The summed E-state index contributed by atoms with van der Waals surface area (Å²) in [6.07, 6.45) is -0.128. The van der Waals surface area contributed by atoms with E-state index in [2.05, 4.69) is 5.32 Å². The molecule has 0 heterocycles. The van der Waals surface area contributed by atoms with E-state index in [1.54, 1.807) is 37.2 Å². The first-order valence-electron chi connectivity index (χ1n) is 12.9. The molecule has 3 atom stereocenters. The Balaban J connectivity index is 1.60. The van der Waals surface area contributed by atoms with Crippen LogP contribution in [0.25, 0.3) is 5.76 Å². The Kier molecular flexibility index (Phi) is 6.61. The number of methoxy groups -OCH3 is 1. The van der Waals surface area contributed by atoms with Crippen molar-refractivity contribution in [3.05, 3.63) is 57.9 Å². The predicted molar refractivity (Wildman–Crippen MR) is 148 cm³/mol. The molecule has 1 amide bonds. The molecule has 0 bridgehead atoms. The van der Waals surface area contributed by atoms with Crippen LogP contribution in [0, 0.1) is 11.8 Å². The van der Waals surface area contributed by atoms with Crippen LogP contribution in [0.2, 0.25) is 0 Å². The fraction of sp³-hybridized carbons (Fsp3) is 0.345. The number of nitrogens with one attached hydrogen (secondary N) is 1. The molecule has 8 N–H and O–H groups in total. The number of fused-ring (bicyclic) bond motifs is 3. The van der Waals surface area contributed by atoms with Gasteiger partial charge in [-0.15, -0.1) is 0 Å². The number of amides is 1. The molecule has 12 heteroatoms. The van der Waals surface area contributed by atoms with Crippen LogP contribution in [0.1, 0.15) is 29.5 Å². The molecule has 2 aromatic rings. The number of Topliss-reactive ketones (excluding diaryl/α,β-unsaturated/α-hetero) is 2. The summed E-state index contributed by atoms with van der Waals surface area (Å²) in [5.41, 5.74) is 3.68. The first-order valence-corrected chi connectivity index (χ1v) is 12.9. The zero-order valence-corrected chi connectivity index (χ0v) is 22.7. The third-order valence-corrected chi connectivity index (χ3v) is 8.25. The Morgan fingerprint density at radius 1 is 1.15 bits per heavy atom. The van der Waals surface area contributed by atoms with Crippen LogP contribution in [-0.4, -0.2) is 69.8 Å². The number of nitrogens with two attached hydrogens (primary N) is 1. The van der Waals surface area contributed by atoms with Gasteiger partial charge in [0, 0.05) is 44.2 Å². The standard InChI is InChI=1S/C29H31N3O9/c1-32(2)17-10-16(31-11-12-4-5-20(41-3)18(33)6-12)24(35)22-15(17)8-13-7-14-9-19(34)23(28(30)39)27(38)29(14,40)26(37)21(13)25(22)36/h4-6,10,13-14,31,33,35-36,38,40H,7-9,11H2,1-3H3,(H2,30,39)/t13-,14+,29+/m1/s1. The molecule has 3 aliphatic rings. The van der Waals surface area contributed by atoms with Gasteiger partial charge in [0.2, 0.25) is 5.78 Å². The van der Waals surface area contributed by atoms with Gasteiger partial charge in [0.25, 0.3) is 5.91 Å². The van der Waals surface area contributed by atoms with E-state index in [9.17, 15) is 39.9 Å². The van der Waals surface area contributed by atoms with Crippen LogP contribution >= 0.6 is 0 Å². The largest absolute Gasteiger partial charge is 0.508 e. The van der Waals surface area contributed by atoms with E-state index in [1.165, 1.54) is 13.2 Å². The number of anilines is 2. The predicted octanol–water partition coefficient (Wildman–Crippen LogP) is 1.82. The average Bonchev–Trinajstić information content (AvgIpc) is 2.90. The second kappa shape index (κ2) is 9.73. The number of aliphatic hydroxyl groups excluding tert-OH is 2. The van der Waals surface area contributed by atoms with Crippen LogP contribution < -0.4 is 20.7 Å². The van der Waals surface area contributed by atoms with Gasteiger partial charge in [0.15, 0.2) is 22.9 Å². The lowest BCUT2D eigenvalue weighted by atomic mass is 9.59. The summed E-state index contributed by atoms with van der Waals surface area (Å²) < 4.78 is 5.07. The van der Waals surface area contributed by atoms with E-state index >= 15 is 0 Å². The van der Waals surface area contributed by atoms with E-state index in [0.717, 1.165) is 0 Å². The van der Waals surface area contributed by atoms with Crippen LogP contribution in [0.3, 0.4) is 0 Å². The summed E-state index contributed by atoms with van der Waals surface area (Å²) in [7, 11) is 5.00. The van der Waals surface area contributed by atoms with E-state index in [1.807, 2.05) is 0 Å². The van der Waals surface area contributed by atoms with Crippen molar-refractivity contribution in [2.75, 3.05) is 31.4 Å². The number of nitrogens with zero attached hydrogens (tertiary/aromatic N) is 1. The molecule has 41 heavy (non-hydrogen) atoms. The third-order valence-electron chi connectivity index (χ3n) is 8.25. The van der Waals surface area contributed by atoms with E-state index in [4.69, 9.17) is 10.5 Å². The van der Waals surface area contributed by atoms with E-state index < -0.39 is 52.0 Å². The molecule has 216 valence electrons. The van der Waals surface area contributed by atoms with Crippen molar-refractivity contribution < 1.29 is 44.7 Å². The molecule has 1 fully saturated rings. The first-order chi connectivity index (χ1) is 19.3. The lowest BCUT2D eigenvalue weighted by Gasteiger charge is -2.46. The van der Waals surface area contributed by atoms with Crippen molar-refractivity contribution in [2.24, 2.45) is 17.6 Å². The topological polar surface area (TPSA) is 203 Å². The minimum atomic E-state index is -2.62. The molecule has 0 unspecified atom stereocenters. The average molecular weight is 566 g/mol. The number of ether oxygens (including phenoxy) is 1. The molecule has 3 aliphatic carbocycles. The van der Waals surface area contributed by atoms with Gasteiger partial charge in [-0.25, -0.2) is 0 Å². The van der Waals surface area contributed by atoms with Crippen molar-refractivity contribution in [1.82, 2.24) is 0 Å². The number of benzene rings is 2. The van der Waals surface area contributed by atoms with Gasteiger partial charge >= 0.3 is 0 Å². The second-order valence-electron chi connectivity index (χ2n) is 10.8. The van der Waals surface area contributed by atoms with Crippen LogP contribution in [-0.2, 0) is 27.3 Å². The summed E-state index contributed by atoms with van der Waals surface area (Å²) in [4.78, 5) is 39.9. The quantitative estimate of drug-likeness (QED) is 0.199. The summed E-state index contributed by atoms with van der Waals surface area (Å²) in [5, 5.41) is 58.2. The summed E-state index contributed by atoms with van der Waals surface area (Å²) in [6.45, 7) is 0.180. The second-order valence-corrected chi connectivity index (χ2v) is 10.8. The highest BCUT2D eigenvalue weighted by Crippen LogP contribution is 2.54. The Hall–Kier alpha value is -4.71. The molecule has 0 aromatic heterocycles. The van der Waals surface area contributed by atoms with Gasteiger partial charge in [0.05, 0.1) is 18.4 Å². The molecule has 1 saturated carbocycles. The van der Waals surface area contributed by atoms with Crippen LogP contribution in [0.5, 0.6) is 17.2 Å². The number of aromatic hydroxyl groups is 2. The summed E-state index contributed by atoms with van der Waals surface area (Å²) in [5.74, 6) is -6.53. The molecule has 0 aliphatic heterocycles. The number of phenolic OH excluding ortho intramolecular Hbond substituents is 2. The summed E-state index contributed by atoms with van der Waals surface area (Å²) in [6, 6.07) is 6.53. The Morgan fingerprint density at radius 2 is 1.85 bits per heavy atom. The Morgan fingerprint density at radius 3 is 2.46 bits per heavy atom. The SMILES string of the molecule is COc1ccc(CNc2cc(N(C)C)c3c(c2O)C(O)=C2C(=O)[C@]4(O)C(O)=C(C(N)=O)C(=O)C[C@@H]4C[C@@H]2C3)cc1O. The number of rotatable bonds is 6. The van der Waals surface area contributed by atoms with Crippen molar-refractivity contribution in [3.63, 3.8) is 0 Å². The van der Waals surface area contributed by atoms with Gasteiger partial charge in [-0.2, -0.15) is 0 Å². The Labute approximate surface area is 235 Å². The third kappa shape index (κ3) is 4.13. The van der Waals surface area contributed by atoms with Crippen molar-refractivity contribution in [1.29, 1.82) is 0 Å². The molecule has 12 nitrogen and oxygen atoms in total. The number of hydrogen-bond donors (Lipinski definition) is 7. The van der Waals surface area contributed by atoms with Crippen LogP contribution in [0.15, 0.2) is 41.2 Å². The number of aliphatic hydroxyl groups is 3. The number of hydrogen-bond acceptors (Lipinski definition) is 11. The maximum Gasteiger partial charge on any atom is 0.255 e. The molecular weight excluding hydrogens is 534 g/mol. The molecular formula is C29H31N3O9. The minimum absolute atomic E-state index is 0.0107. The van der Waals surface area contributed by atoms with E-state index in [0.29, 0.717) is 22.6 Å². The van der Waals surface area contributed by atoms with Gasteiger partial charge < -0.3 is 46.2 Å². The van der Waals surface area contributed by atoms with Gasteiger partial charge in [-0.3, -0.25) is 14.4 Å². The number of carbonyl (C=O) groups excluding carboxylic acids is 3. The highest BCUT2D eigenvalue weighted by molar-refractivity contribution is 6.22. The first kappa shape index (κ1) is 27.8. The smallest absolute Gasteiger partial charge is 0.255 e. The van der Waals surface area contributed by atoms with E-state index in [-0.39, 0.29) is 54.1 Å². The fourth-order valence-corrected chi connectivity index (χ4v) is 6.25. The summed E-state index contributed by atoms with van der Waals surface area (Å²) >= 11 is 0. The number of phenols is 2. The molecule has 0 radical (unpaired) electrons. The zero-order chi connectivity index (χ0) is 30.0. The highest BCUT2D eigenvalue weighted by atomic mass is 16.5. The lowest BCUT2D eigenvalue weighted by molar-refractivity contribution is -0.147. The molecule has 5 rings (SSSR count). The number of ketones is 2. The monoisotopic (exact) mass is 565 g/mol. The van der Waals surface area contributed by atoms with Crippen molar-refractivity contribution in [2.45, 2.75) is 31.4 Å². The number of carbonyl (C=O) groups is 3. The number of primary amides is 1. The normalized spacial score (nSPS) is 23.5. The van der Waals surface area contributed by atoms with Gasteiger partial charge in [0.1, 0.15) is 22.8 Å². The molecule has 0 saturated heterocycles. The zero-order valence-electron chi connectivity index (χ0n) is 22.7. The Bertz CT molecular complexity index is 1580. The fourth-order valence-electron chi connectivity index (χ4n) is 6.25. The van der Waals surface area contributed by atoms with Gasteiger partial charge in [-0.05, 0) is 48.1 Å². The highest BCUT2D eigenvalue weighted by Gasteiger charge is 2.60. The maximum absolute atomic E-state index is 13.8. The maximum atomic E-state index is 13.8. The van der Waals surface area contributed by atoms with Gasteiger partial charge in [-0.1, -0.05) is 6.07 Å². The van der Waals surface area contributed by atoms with Crippen molar-refractivity contribution in [3.8, 4) is 17.2 Å². The molecule has 0 spiro atoms. The van der Waals surface area contributed by atoms with Crippen molar-refractivity contribution >= 4 is 34.6 Å².